The summed E-state index contributed by atoms with van der Waals surface area (Å²) in [6.07, 6.45) is 0.231. The fraction of sp³-hybridized carbons (Fsp3) is 0.625. The molecular formula is C16H25NO. The molecule has 0 bridgehead atoms. The largest absolute Gasteiger partial charge is 0.491 e. The van der Waals surface area contributed by atoms with Crippen LogP contribution in [0.2, 0.25) is 0 Å². The van der Waals surface area contributed by atoms with Crippen LogP contribution in [0.4, 0.5) is 0 Å². The summed E-state index contributed by atoms with van der Waals surface area (Å²) in [4.78, 5) is 0. The van der Waals surface area contributed by atoms with Crippen LogP contribution < -0.4 is 10.1 Å². The third kappa shape index (κ3) is 2.69. The first-order valence-corrected chi connectivity index (χ1v) is 7.03. The summed E-state index contributed by atoms with van der Waals surface area (Å²) in [5, 5.41) is 3.65. The monoisotopic (exact) mass is 247 g/mol. The zero-order valence-corrected chi connectivity index (χ0v) is 12.2. The topological polar surface area (TPSA) is 21.3 Å². The maximum absolute atomic E-state index is 5.82. The van der Waals surface area contributed by atoms with Gasteiger partial charge in [-0.1, -0.05) is 26.8 Å². The van der Waals surface area contributed by atoms with Crippen LogP contribution in [0, 0.1) is 5.92 Å². The quantitative estimate of drug-likeness (QED) is 0.875. The molecule has 0 fully saturated rings. The molecule has 18 heavy (non-hydrogen) atoms. The third-order valence-corrected chi connectivity index (χ3v) is 3.61. The van der Waals surface area contributed by atoms with Crippen molar-refractivity contribution in [3.63, 3.8) is 0 Å². The molecule has 2 unspecified atom stereocenters. The van der Waals surface area contributed by atoms with E-state index in [2.05, 4.69) is 58.1 Å². The van der Waals surface area contributed by atoms with Gasteiger partial charge in [0.15, 0.2) is 0 Å². The Labute approximate surface area is 111 Å². The van der Waals surface area contributed by atoms with Gasteiger partial charge in [0.05, 0.1) is 6.10 Å². The number of benzene rings is 1. The van der Waals surface area contributed by atoms with Crippen LogP contribution in [0.25, 0.3) is 0 Å². The van der Waals surface area contributed by atoms with Crippen LogP contribution in [-0.2, 0) is 0 Å². The second-order valence-electron chi connectivity index (χ2n) is 5.99. The van der Waals surface area contributed by atoms with E-state index in [0.29, 0.717) is 17.9 Å². The van der Waals surface area contributed by atoms with Crippen LogP contribution in [0.3, 0.4) is 0 Å². The van der Waals surface area contributed by atoms with Gasteiger partial charge in [0.25, 0.3) is 0 Å². The second kappa shape index (κ2) is 5.31. The summed E-state index contributed by atoms with van der Waals surface area (Å²) >= 11 is 0. The third-order valence-electron chi connectivity index (χ3n) is 3.61. The first-order chi connectivity index (χ1) is 8.49. The van der Waals surface area contributed by atoms with E-state index in [1.165, 1.54) is 11.1 Å². The summed E-state index contributed by atoms with van der Waals surface area (Å²) in [7, 11) is 0. The zero-order chi connectivity index (χ0) is 13.3. The predicted octanol–water partition coefficient (Wildman–Crippen LogP) is 3.88. The molecule has 0 saturated heterocycles. The highest BCUT2D eigenvalue weighted by molar-refractivity contribution is 5.41. The SMILES string of the molecule is CC(C)Oc1ccc2c(c1)C(C(C)C)NCC2C. The highest BCUT2D eigenvalue weighted by atomic mass is 16.5. The number of nitrogens with one attached hydrogen (secondary N) is 1. The molecule has 0 aliphatic carbocycles. The minimum atomic E-state index is 0.231. The van der Waals surface area contributed by atoms with E-state index >= 15 is 0 Å². The van der Waals surface area contributed by atoms with Crippen molar-refractivity contribution in [3.05, 3.63) is 29.3 Å². The number of ether oxygens (including phenoxy) is 1. The van der Waals surface area contributed by atoms with E-state index in [-0.39, 0.29) is 6.10 Å². The summed E-state index contributed by atoms with van der Waals surface area (Å²) in [5.74, 6) is 2.18. The van der Waals surface area contributed by atoms with Crippen molar-refractivity contribution in [1.82, 2.24) is 5.32 Å². The zero-order valence-electron chi connectivity index (χ0n) is 12.2. The van der Waals surface area contributed by atoms with Crippen molar-refractivity contribution in [2.45, 2.75) is 52.7 Å². The molecule has 2 atom stereocenters. The minimum absolute atomic E-state index is 0.231. The molecule has 1 N–H and O–H groups in total. The molecule has 0 spiro atoms. The molecule has 100 valence electrons. The van der Waals surface area contributed by atoms with Gasteiger partial charge in [-0.3, -0.25) is 0 Å². The lowest BCUT2D eigenvalue weighted by Gasteiger charge is -2.34. The molecule has 1 aromatic rings. The summed E-state index contributed by atoms with van der Waals surface area (Å²) in [6.45, 7) is 12.0. The van der Waals surface area contributed by atoms with Crippen LogP contribution >= 0.6 is 0 Å². The molecular weight excluding hydrogens is 222 g/mol. The standard InChI is InChI=1S/C16H25NO/c1-10(2)16-15-8-13(18-11(3)4)6-7-14(15)12(5)9-17-16/h6-8,10-12,16-17H,9H2,1-5H3. The molecule has 0 saturated carbocycles. The van der Waals surface area contributed by atoms with Crippen LogP contribution in [0.1, 0.15) is 57.7 Å². The predicted molar refractivity (Wildman–Crippen MR) is 76.2 cm³/mol. The highest BCUT2D eigenvalue weighted by Crippen LogP contribution is 2.36. The van der Waals surface area contributed by atoms with Crippen molar-refractivity contribution in [2.75, 3.05) is 6.54 Å². The fourth-order valence-electron chi connectivity index (χ4n) is 2.73. The molecule has 1 aliphatic heterocycles. The summed E-state index contributed by atoms with van der Waals surface area (Å²) in [5.41, 5.74) is 2.89. The number of fused-ring (bicyclic) bond motifs is 1. The van der Waals surface area contributed by atoms with Crippen molar-refractivity contribution in [3.8, 4) is 5.75 Å². The lowest BCUT2D eigenvalue weighted by Crippen LogP contribution is -2.34. The Balaban J connectivity index is 2.36. The number of hydrogen-bond acceptors (Lipinski definition) is 2. The first-order valence-electron chi connectivity index (χ1n) is 7.03. The first kappa shape index (κ1) is 13.4. The van der Waals surface area contributed by atoms with Crippen LogP contribution in [-0.4, -0.2) is 12.6 Å². The van der Waals surface area contributed by atoms with Crippen LogP contribution in [0.5, 0.6) is 5.75 Å². The molecule has 2 rings (SSSR count). The molecule has 1 aromatic carbocycles. The Hall–Kier alpha value is -1.02. The molecule has 0 radical (unpaired) electrons. The van der Waals surface area contributed by atoms with E-state index in [1.54, 1.807) is 0 Å². The molecule has 2 nitrogen and oxygen atoms in total. The van der Waals surface area contributed by atoms with Gasteiger partial charge in [0.2, 0.25) is 0 Å². The van der Waals surface area contributed by atoms with Crippen molar-refractivity contribution >= 4 is 0 Å². The van der Waals surface area contributed by atoms with Gasteiger partial charge in [-0.2, -0.15) is 0 Å². The molecule has 0 amide bonds. The Morgan fingerprint density at radius 1 is 1.17 bits per heavy atom. The van der Waals surface area contributed by atoms with Gasteiger partial charge >= 0.3 is 0 Å². The van der Waals surface area contributed by atoms with Gasteiger partial charge in [-0.15, -0.1) is 0 Å². The van der Waals surface area contributed by atoms with Gasteiger partial charge in [0, 0.05) is 12.6 Å². The Bertz CT molecular complexity index is 412. The smallest absolute Gasteiger partial charge is 0.120 e. The highest BCUT2D eigenvalue weighted by Gasteiger charge is 2.26. The average Bonchev–Trinajstić information content (AvgIpc) is 2.28. The normalized spacial score (nSPS) is 23.3. The number of rotatable bonds is 3. The Morgan fingerprint density at radius 3 is 2.50 bits per heavy atom. The summed E-state index contributed by atoms with van der Waals surface area (Å²) < 4.78 is 5.82. The van der Waals surface area contributed by atoms with Crippen molar-refractivity contribution < 1.29 is 4.74 Å². The molecule has 0 aromatic heterocycles. The van der Waals surface area contributed by atoms with E-state index < -0.39 is 0 Å². The van der Waals surface area contributed by atoms with Crippen molar-refractivity contribution in [2.24, 2.45) is 5.92 Å². The minimum Gasteiger partial charge on any atom is -0.491 e. The Morgan fingerprint density at radius 2 is 1.89 bits per heavy atom. The van der Waals surface area contributed by atoms with Gasteiger partial charge in [-0.25, -0.2) is 0 Å². The molecule has 1 heterocycles. The summed E-state index contributed by atoms with van der Waals surface area (Å²) in [6, 6.07) is 7.03. The average molecular weight is 247 g/mol. The second-order valence-corrected chi connectivity index (χ2v) is 5.99. The molecule has 1 aliphatic rings. The van der Waals surface area contributed by atoms with Gasteiger partial charge in [0.1, 0.15) is 5.75 Å². The van der Waals surface area contributed by atoms with E-state index in [4.69, 9.17) is 4.74 Å². The lowest BCUT2D eigenvalue weighted by atomic mass is 9.83. The maximum atomic E-state index is 5.82. The van der Waals surface area contributed by atoms with Gasteiger partial charge < -0.3 is 10.1 Å². The maximum Gasteiger partial charge on any atom is 0.120 e. The fourth-order valence-corrected chi connectivity index (χ4v) is 2.73. The number of hydrogen-bond donors (Lipinski definition) is 1. The lowest BCUT2D eigenvalue weighted by molar-refractivity contribution is 0.241. The van der Waals surface area contributed by atoms with Crippen LogP contribution in [0.15, 0.2) is 18.2 Å². The van der Waals surface area contributed by atoms with E-state index in [0.717, 1.165) is 12.3 Å². The Kier molecular flexibility index (Phi) is 3.96. The van der Waals surface area contributed by atoms with Crippen molar-refractivity contribution in [1.29, 1.82) is 0 Å². The van der Waals surface area contributed by atoms with E-state index in [9.17, 15) is 0 Å². The van der Waals surface area contributed by atoms with Gasteiger partial charge in [-0.05, 0) is 48.9 Å². The van der Waals surface area contributed by atoms with E-state index in [1.807, 2.05) is 0 Å². The molecule has 2 heteroatoms.